The Morgan fingerprint density at radius 1 is 1.48 bits per heavy atom. The molecule has 0 saturated carbocycles. The molecule has 0 radical (unpaired) electrons. The molecule has 8 heteroatoms. The van der Waals surface area contributed by atoms with Crippen molar-refractivity contribution in [2.75, 3.05) is 17.6 Å². The van der Waals surface area contributed by atoms with Crippen molar-refractivity contribution in [1.29, 1.82) is 0 Å². The molecule has 1 aromatic heterocycles. The van der Waals surface area contributed by atoms with Crippen molar-refractivity contribution in [3.63, 3.8) is 0 Å². The number of carbonyl (C=O) groups is 1. The molecular formula is C13H16N2O4S2. The molecule has 1 atom stereocenters. The molecule has 0 saturated heterocycles. The summed E-state index contributed by atoms with van der Waals surface area (Å²) < 4.78 is 30.6. The van der Waals surface area contributed by atoms with E-state index < -0.39 is 10.0 Å². The number of rotatable bonds is 5. The standard InChI is InChI=1S/C13H16N2O4S2/c1-4-19-12(16)8(2)9-5-6-10-11(7-9)20-13(14-10)15-21(3,17)18/h5-8H,4H2,1-3H3,(H,14,15). The van der Waals surface area contributed by atoms with Gasteiger partial charge in [0.25, 0.3) is 0 Å². The Morgan fingerprint density at radius 2 is 2.19 bits per heavy atom. The van der Waals surface area contributed by atoms with E-state index in [0.29, 0.717) is 17.3 Å². The van der Waals surface area contributed by atoms with Gasteiger partial charge in [-0.2, -0.15) is 0 Å². The van der Waals surface area contributed by atoms with Crippen LogP contribution in [0.4, 0.5) is 5.13 Å². The van der Waals surface area contributed by atoms with Gasteiger partial charge in [-0.1, -0.05) is 17.4 Å². The number of ether oxygens (including phenoxy) is 1. The molecule has 1 unspecified atom stereocenters. The highest BCUT2D eigenvalue weighted by molar-refractivity contribution is 7.92. The van der Waals surface area contributed by atoms with Crippen LogP contribution in [0.3, 0.4) is 0 Å². The van der Waals surface area contributed by atoms with Gasteiger partial charge in [-0.25, -0.2) is 13.4 Å². The molecule has 0 spiro atoms. The number of nitrogens with zero attached hydrogens (tertiary/aromatic N) is 1. The minimum absolute atomic E-state index is 0.282. The molecule has 0 aliphatic heterocycles. The molecule has 2 rings (SSSR count). The number of fused-ring (bicyclic) bond motifs is 1. The zero-order valence-electron chi connectivity index (χ0n) is 11.9. The fraction of sp³-hybridized carbons (Fsp3) is 0.385. The minimum Gasteiger partial charge on any atom is -0.466 e. The lowest BCUT2D eigenvalue weighted by atomic mass is 10.0. The lowest BCUT2D eigenvalue weighted by molar-refractivity contribution is -0.144. The molecule has 0 aliphatic rings. The van der Waals surface area contributed by atoms with Gasteiger partial charge in [0.2, 0.25) is 10.0 Å². The summed E-state index contributed by atoms with van der Waals surface area (Å²) in [4.78, 5) is 15.9. The third-order valence-corrected chi connectivity index (χ3v) is 4.45. The monoisotopic (exact) mass is 328 g/mol. The predicted octanol–water partition coefficient (Wildman–Crippen LogP) is 2.33. The summed E-state index contributed by atoms with van der Waals surface area (Å²) >= 11 is 1.23. The van der Waals surface area contributed by atoms with E-state index in [0.717, 1.165) is 16.5 Å². The Balaban J connectivity index is 2.31. The van der Waals surface area contributed by atoms with Crippen molar-refractivity contribution in [3.05, 3.63) is 23.8 Å². The maximum Gasteiger partial charge on any atom is 0.313 e. The first kappa shape index (κ1) is 15.7. The minimum atomic E-state index is -3.35. The smallest absolute Gasteiger partial charge is 0.313 e. The van der Waals surface area contributed by atoms with Crippen molar-refractivity contribution in [2.45, 2.75) is 19.8 Å². The summed E-state index contributed by atoms with van der Waals surface area (Å²) in [6.07, 6.45) is 1.08. The molecule has 1 N–H and O–H groups in total. The lowest BCUT2D eigenvalue weighted by Gasteiger charge is -2.10. The van der Waals surface area contributed by atoms with Crippen molar-refractivity contribution in [3.8, 4) is 0 Å². The van der Waals surface area contributed by atoms with E-state index in [4.69, 9.17) is 4.74 Å². The maximum absolute atomic E-state index is 11.7. The Bertz CT molecular complexity index is 768. The largest absolute Gasteiger partial charge is 0.466 e. The van der Waals surface area contributed by atoms with E-state index in [-0.39, 0.29) is 11.9 Å². The second kappa shape index (κ2) is 5.98. The number of sulfonamides is 1. The van der Waals surface area contributed by atoms with Crippen molar-refractivity contribution in [1.82, 2.24) is 4.98 Å². The summed E-state index contributed by atoms with van der Waals surface area (Å²) in [6.45, 7) is 3.88. The number of nitrogens with one attached hydrogen (secondary N) is 1. The SMILES string of the molecule is CCOC(=O)C(C)c1ccc2nc(NS(C)(=O)=O)sc2c1. The normalized spacial score (nSPS) is 13.1. The van der Waals surface area contributed by atoms with Crippen LogP contribution in [0.25, 0.3) is 10.2 Å². The third kappa shape index (κ3) is 3.92. The summed E-state index contributed by atoms with van der Waals surface area (Å²) in [5.41, 5.74) is 1.50. The molecule has 2 aromatic rings. The fourth-order valence-electron chi connectivity index (χ4n) is 1.82. The highest BCUT2D eigenvalue weighted by Crippen LogP contribution is 2.29. The Hall–Kier alpha value is -1.67. The first-order valence-electron chi connectivity index (χ1n) is 6.35. The van der Waals surface area contributed by atoms with Crippen LogP contribution in [0.1, 0.15) is 25.3 Å². The highest BCUT2D eigenvalue weighted by Gasteiger charge is 2.17. The number of thiazole rings is 1. The molecule has 6 nitrogen and oxygen atoms in total. The lowest BCUT2D eigenvalue weighted by Crippen LogP contribution is -2.12. The second-order valence-electron chi connectivity index (χ2n) is 4.59. The summed E-state index contributed by atoms with van der Waals surface area (Å²) in [5.74, 6) is -0.654. The molecule has 114 valence electrons. The van der Waals surface area contributed by atoms with Crippen LogP contribution in [0, 0.1) is 0 Å². The predicted molar refractivity (Wildman–Crippen MR) is 83.1 cm³/mol. The molecule has 0 amide bonds. The highest BCUT2D eigenvalue weighted by atomic mass is 32.2. The van der Waals surface area contributed by atoms with Crippen LogP contribution in [0.15, 0.2) is 18.2 Å². The van der Waals surface area contributed by atoms with Crippen molar-refractivity contribution >= 4 is 42.7 Å². The van der Waals surface area contributed by atoms with Crippen LogP contribution in [-0.4, -0.2) is 32.2 Å². The Morgan fingerprint density at radius 3 is 2.81 bits per heavy atom. The fourth-order valence-corrected chi connectivity index (χ4v) is 3.57. The van der Waals surface area contributed by atoms with Gasteiger partial charge < -0.3 is 4.74 Å². The zero-order valence-corrected chi connectivity index (χ0v) is 13.5. The number of anilines is 1. The quantitative estimate of drug-likeness (QED) is 0.852. The van der Waals surface area contributed by atoms with E-state index in [1.807, 2.05) is 6.07 Å². The Kier molecular flexibility index (Phi) is 4.48. The Labute approximate surface area is 127 Å². The summed E-state index contributed by atoms with van der Waals surface area (Å²) in [6, 6.07) is 5.40. The van der Waals surface area contributed by atoms with E-state index in [9.17, 15) is 13.2 Å². The topological polar surface area (TPSA) is 85.4 Å². The molecule has 21 heavy (non-hydrogen) atoms. The number of aromatic nitrogens is 1. The van der Waals surface area contributed by atoms with Crippen LogP contribution in [0.5, 0.6) is 0 Å². The molecular weight excluding hydrogens is 312 g/mol. The molecule has 0 aliphatic carbocycles. The number of hydrogen-bond acceptors (Lipinski definition) is 6. The molecule has 0 fully saturated rings. The van der Waals surface area contributed by atoms with Gasteiger partial charge in [0.1, 0.15) is 0 Å². The van der Waals surface area contributed by atoms with Gasteiger partial charge in [-0.15, -0.1) is 0 Å². The van der Waals surface area contributed by atoms with Gasteiger partial charge in [0.05, 0.1) is 29.0 Å². The van der Waals surface area contributed by atoms with Gasteiger partial charge in [-0.3, -0.25) is 9.52 Å². The summed E-state index contributed by atoms with van der Waals surface area (Å²) in [7, 11) is -3.35. The van der Waals surface area contributed by atoms with Gasteiger partial charge in [0, 0.05) is 0 Å². The van der Waals surface area contributed by atoms with Crippen molar-refractivity contribution < 1.29 is 17.9 Å². The first-order valence-corrected chi connectivity index (χ1v) is 9.06. The van der Waals surface area contributed by atoms with Gasteiger partial charge in [-0.05, 0) is 31.5 Å². The average Bonchev–Trinajstić information content (AvgIpc) is 2.76. The van der Waals surface area contributed by atoms with Gasteiger partial charge in [0.15, 0.2) is 5.13 Å². The van der Waals surface area contributed by atoms with Crippen molar-refractivity contribution in [2.24, 2.45) is 0 Å². The van der Waals surface area contributed by atoms with Crippen LogP contribution < -0.4 is 4.72 Å². The average molecular weight is 328 g/mol. The van der Waals surface area contributed by atoms with E-state index in [1.54, 1.807) is 26.0 Å². The molecule has 1 heterocycles. The molecule has 1 aromatic carbocycles. The summed E-state index contributed by atoms with van der Waals surface area (Å²) in [5, 5.41) is 0.313. The first-order chi connectivity index (χ1) is 9.80. The maximum atomic E-state index is 11.7. The van der Waals surface area contributed by atoms with E-state index in [1.165, 1.54) is 11.3 Å². The van der Waals surface area contributed by atoms with Crippen LogP contribution in [-0.2, 0) is 19.6 Å². The van der Waals surface area contributed by atoms with Crippen LogP contribution >= 0.6 is 11.3 Å². The number of carbonyl (C=O) groups excluding carboxylic acids is 1. The van der Waals surface area contributed by atoms with Crippen LogP contribution in [0.2, 0.25) is 0 Å². The number of benzene rings is 1. The van der Waals surface area contributed by atoms with Gasteiger partial charge >= 0.3 is 5.97 Å². The number of esters is 1. The molecule has 0 bridgehead atoms. The zero-order chi connectivity index (χ0) is 15.6. The van der Waals surface area contributed by atoms with E-state index >= 15 is 0 Å². The third-order valence-electron chi connectivity index (χ3n) is 2.83. The second-order valence-corrected chi connectivity index (χ2v) is 7.37. The van der Waals surface area contributed by atoms with E-state index in [2.05, 4.69) is 9.71 Å². The number of hydrogen-bond donors (Lipinski definition) is 1.